The average molecular weight is 288 g/mol. The maximum absolute atomic E-state index is 4.63. The zero-order valence-corrected chi connectivity index (χ0v) is 12.7. The summed E-state index contributed by atoms with van der Waals surface area (Å²) in [5, 5.41) is 4.65. The highest BCUT2D eigenvalue weighted by Gasteiger charge is 2.05. The molecule has 0 saturated carbocycles. The summed E-state index contributed by atoms with van der Waals surface area (Å²) in [5.74, 6) is 0. The summed E-state index contributed by atoms with van der Waals surface area (Å²) in [6.45, 7) is 6.11. The third-order valence-electron chi connectivity index (χ3n) is 3.07. The molecule has 2 aromatic heterocycles. The van der Waals surface area contributed by atoms with Crippen molar-refractivity contribution < 1.29 is 0 Å². The number of rotatable bonds is 4. The summed E-state index contributed by atoms with van der Waals surface area (Å²) in [5.41, 5.74) is 2.51. The van der Waals surface area contributed by atoms with Gasteiger partial charge in [-0.15, -0.1) is 22.7 Å². The average Bonchev–Trinajstić information content (AvgIpc) is 2.92. The molecule has 0 fully saturated rings. The van der Waals surface area contributed by atoms with Gasteiger partial charge in [-0.3, -0.25) is 0 Å². The zero-order chi connectivity index (χ0) is 13.2. The van der Waals surface area contributed by atoms with Crippen molar-refractivity contribution in [2.24, 2.45) is 0 Å². The van der Waals surface area contributed by atoms with E-state index in [0.29, 0.717) is 0 Å². The van der Waals surface area contributed by atoms with Crippen LogP contribution in [-0.2, 0) is 13.1 Å². The summed E-state index contributed by atoms with van der Waals surface area (Å²) in [6.07, 6.45) is 0. The van der Waals surface area contributed by atoms with E-state index in [4.69, 9.17) is 0 Å². The fourth-order valence-electron chi connectivity index (χ4n) is 2.16. The van der Waals surface area contributed by atoms with Gasteiger partial charge in [-0.2, -0.15) is 0 Å². The van der Waals surface area contributed by atoms with Gasteiger partial charge in [0.25, 0.3) is 0 Å². The maximum atomic E-state index is 4.63. The third kappa shape index (κ3) is 2.86. The molecule has 2 heterocycles. The molecule has 0 radical (unpaired) electrons. The van der Waals surface area contributed by atoms with Crippen LogP contribution in [0, 0.1) is 13.8 Å². The molecule has 0 saturated heterocycles. The normalized spacial score (nSPS) is 11.3. The molecular weight excluding hydrogens is 272 g/mol. The van der Waals surface area contributed by atoms with Crippen molar-refractivity contribution in [2.75, 3.05) is 0 Å². The van der Waals surface area contributed by atoms with E-state index in [1.807, 2.05) is 17.4 Å². The number of thiazole rings is 1. The van der Waals surface area contributed by atoms with E-state index in [-0.39, 0.29) is 0 Å². The lowest BCUT2D eigenvalue weighted by molar-refractivity contribution is 0.690. The van der Waals surface area contributed by atoms with Gasteiger partial charge >= 0.3 is 0 Å². The maximum Gasteiger partial charge on any atom is 0.108 e. The van der Waals surface area contributed by atoms with Crippen LogP contribution >= 0.6 is 22.7 Å². The standard InChI is InChI=1S/C15H16N2S2/c1-10-7-12(11(2)18-10)8-16-9-15-17-13-5-3-4-6-14(13)19-15/h3-7,16H,8-9H2,1-2H3. The predicted octanol–water partition coefficient (Wildman–Crippen LogP) is 4.26. The molecule has 0 aliphatic heterocycles. The summed E-state index contributed by atoms with van der Waals surface area (Å²) >= 11 is 3.64. The van der Waals surface area contributed by atoms with E-state index in [2.05, 4.69) is 48.4 Å². The second-order valence-electron chi connectivity index (χ2n) is 4.62. The number of fused-ring (bicyclic) bond motifs is 1. The molecule has 0 bridgehead atoms. The number of para-hydroxylation sites is 1. The van der Waals surface area contributed by atoms with Crippen molar-refractivity contribution in [3.05, 3.63) is 50.7 Å². The molecule has 0 amide bonds. The molecule has 0 spiro atoms. The Bertz CT molecular complexity index is 664. The van der Waals surface area contributed by atoms with Crippen LogP contribution in [0.2, 0.25) is 0 Å². The van der Waals surface area contributed by atoms with Crippen LogP contribution in [-0.4, -0.2) is 4.98 Å². The lowest BCUT2D eigenvalue weighted by Gasteiger charge is -2.01. The molecule has 3 rings (SSSR count). The number of aromatic nitrogens is 1. The molecule has 2 nitrogen and oxygen atoms in total. The van der Waals surface area contributed by atoms with Gasteiger partial charge in [0.1, 0.15) is 5.01 Å². The van der Waals surface area contributed by atoms with Gasteiger partial charge in [0.2, 0.25) is 0 Å². The zero-order valence-electron chi connectivity index (χ0n) is 11.1. The number of hydrogen-bond donors (Lipinski definition) is 1. The Morgan fingerprint density at radius 3 is 2.68 bits per heavy atom. The quantitative estimate of drug-likeness (QED) is 0.775. The highest BCUT2D eigenvalue weighted by Crippen LogP contribution is 2.22. The molecule has 19 heavy (non-hydrogen) atoms. The molecule has 98 valence electrons. The Hall–Kier alpha value is -1.23. The van der Waals surface area contributed by atoms with Gasteiger partial charge in [-0.25, -0.2) is 4.98 Å². The minimum atomic E-state index is 0.841. The topological polar surface area (TPSA) is 24.9 Å². The van der Waals surface area contributed by atoms with E-state index < -0.39 is 0 Å². The third-order valence-corrected chi connectivity index (χ3v) is 5.12. The summed E-state index contributed by atoms with van der Waals surface area (Å²) in [7, 11) is 0. The highest BCUT2D eigenvalue weighted by atomic mass is 32.1. The van der Waals surface area contributed by atoms with E-state index in [9.17, 15) is 0 Å². The SMILES string of the molecule is Cc1cc(CNCc2nc3ccccc3s2)c(C)s1. The number of thiophene rings is 1. The van der Waals surface area contributed by atoms with E-state index in [0.717, 1.165) is 23.6 Å². The second kappa shape index (κ2) is 5.41. The van der Waals surface area contributed by atoms with E-state index in [1.165, 1.54) is 20.0 Å². The molecular formula is C15H16N2S2. The van der Waals surface area contributed by atoms with Crippen LogP contribution in [0.15, 0.2) is 30.3 Å². The van der Waals surface area contributed by atoms with Crippen molar-refractivity contribution in [1.82, 2.24) is 10.3 Å². The lowest BCUT2D eigenvalue weighted by Crippen LogP contribution is -2.12. The number of hydrogen-bond acceptors (Lipinski definition) is 4. The molecule has 4 heteroatoms. The molecule has 3 aromatic rings. The van der Waals surface area contributed by atoms with Gasteiger partial charge in [0.05, 0.1) is 10.2 Å². The Morgan fingerprint density at radius 1 is 1.11 bits per heavy atom. The molecule has 0 aliphatic carbocycles. The number of nitrogens with one attached hydrogen (secondary N) is 1. The Balaban J connectivity index is 1.64. The Labute approximate surface area is 121 Å². The molecule has 1 aromatic carbocycles. The predicted molar refractivity (Wildman–Crippen MR) is 84.0 cm³/mol. The van der Waals surface area contributed by atoms with E-state index in [1.54, 1.807) is 11.3 Å². The van der Waals surface area contributed by atoms with Crippen LogP contribution in [0.4, 0.5) is 0 Å². The minimum absolute atomic E-state index is 0.841. The van der Waals surface area contributed by atoms with Gasteiger partial charge in [-0.05, 0) is 37.6 Å². The first kappa shape index (κ1) is 12.8. The van der Waals surface area contributed by atoms with Crippen LogP contribution < -0.4 is 5.32 Å². The van der Waals surface area contributed by atoms with Crippen LogP contribution in [0.25, 0.3) is 10.2 Å². The van der Waals surface area contributed by atoms with Gasteiger partial charge < -0.3 is 5.32 Å². The number of aryl methyl sites for hydroxylation is 2. The second-order valence-corrected chi connectivity index (χ2v) is 7.19. The monoisotopic (exact) mass is 288 g/mol. The Kier molecular flexibility index (Phi) is 3.64. The smallest absolute Gasteiger partial charge is 0.108 e. The molecule has 0 unspecified atom stereocenters. The summed E-state index contributed by atoms with van der Waals surface area (Å²) < 4.78 is 1.27. The summed E-state index contributed by atoms with van der Waals surface area (Å²) in [4.78, 5) is 7.43. The van der Waals surface area contributed by atoms with Crippen LogP contribution in [0.3, 0.4) is 0 Å². The van der Waals surface area contributed by atoms with Gasteiger partial charge in [-0.1, -0.05) is 12.1 Å². The largest absolute Gasteiger partial charge is 0.306 e. The molecule has 0 aliphatic rings. The number of nitrogens with zero attached hydrogens (tertiary/aromatic N) is 1. The fourth-order valence-corrected chi connectivity index (χ4v) is 4.04. The van der Waals surface area contributed by atoms with Crippen molar-refractivity contribution in [2.45, 2.75) is 26.9 Å². The first-order chi connectivity index (χ1) is 9.22. The van der Waals surface area contributed by atoms with Crippen LogP contribution in [0.1, 0.15) is 20.3 Å². The molecule has 1 N–H and O–H groups in total. The van der Waals surface area contributed by atoms with Crippen LogP contribution in [0.5, 0.6) is 0 Å². The number of benzene rings is 1. The van der Waals surface area contributed by atoms with Gasteiger partial charge in [0.15, 0.2) is 0 Å². The minimum Gasteiger partial charge on any atom is -0.306 e. The highest BCUT2D eigenvalue weighted by molar-refractivity contribution is 7.18. The molecule has 0 atom stereocenters. The van der Waals surface area contributed by atoms with Crippen molar-refractivity contribution >= 4 is 32.9 Å². The van der Waals surface area contributed by atoms with Crippen molar-refractivity contribution in [3.8, 4) is 0 Å². The van der Waals surface area contributed by atoms with Gasteiger partial charge in [0, 0.05) is 22.8 Å². The van der Waals surface area contributed by atoms with E-state index >= 15 is 0 Å². The van der Waals surface area contributed by atoms with Crippen molar-refractivity contribution in [1.29, 1.82) is 0 Å². The lowest BCUT2D eigenvalue weighted by atomic mass is 10.2. The fraction of sp³-hybridized carbons (Fsp3) is 0.267. The first-order valence-corrected chi connectivity index (χ1v) is 7.97. The van der Waals surface area contributed by atoms with Crippen molar-refractivity contribution in [3.63, 3.8) is 0 Å². The Morgan fingerprint density at radius 2 is 1.95 bits per heavy atom. The summed E-state index contributed by atoms with van der Waals surface area (Å²) in [6, 6.07) is 10.6. The first-order valence-electron chi connectivity index (χ1n) is 6.33.